The number of piperidine rings is 1. The van der Waals surface area contributed by atoms with Gasteiger partial charge in [0, 0.05) is 26.2 Å². The molecule has 1 amide bonds. The molecule has 2 aliphatic heterocycles. The van der Waals surface area contributed by atoms with E-state index in [0.29, 0.717) is 19.1 Å². The molecule has 0 aromatic carbocycles. The van der Waals surface area contributed by atoms with Crippen LogP contribution in [0.15, 0.2) is 0 Å². The van der Waals surface area contributed by atoms with Gasteiger partial charge in [0.25, 0.3) is 0 Å². The lowest BCUT2D eigenvalue weighted by molar-refractivity contribution is -0.141. The van der Waals surface area contributed by atoms with E-state index in [-0.39, 0.29) is 18.6 Å². The number of morpholine rings is 1. The first kappa shape index (κ1) is 14.8. The fourth-order valence-electron chi connectivity index (χ4n) is 3.07. The van der Waals surface area contributed by atoms with Gasteiger partial charge in [0.05, 0.1) is 19.3 Å². The Morgan fingerprint density at radius 2 is 2.11 bits per heavy atom. The lowest BCUT2D eigenvalue weighted by Crippen LogP contribution is -2.52. The van der Waals surface area contributed by atoms with Crippen LogP contribution in [0.4, 0.5) is 0 Å². The fourth-order valence-corrected chi connectivity index (χ4v) is 3.07. The van der Waals surface area contributed by atoms with Gasteiger partial charge in [-0.25, -0.2) is 0 Å². The quantitative estimate of drug-likeness (QED) is 0.800. The van der Waals surface area contributed by atoms with E-state index in [9.17, 15) is 4.79 Å². The van der Waals surface area contributed by atoms with Crippen LogP contribution in [0, 0.1) is 5.92 Å². The molecule has 2 aliphatic rings. The van der Waals surface area contributed by atoms with Crippen molar-refractivity contribution in [2.45, 2.75) is 32.2 Å². The van der Waals surface area contributed by atoms with E-state index in [2.05, 4.69) is 4.90 Å². The van der Waals surface area contributed by atoms with Gasteiger partial charge in [0.1, 0.15) is 0 Å². The summed E-state index contributed by atoms with van der Waals surface area (Å²) in [4.78, 5) is 16.6. The number of carbonyl (C=O) groups is 1. The normalized spacial score (nSPS) is 27.3. The summed E-state index contributed by atoms with van der Waals surface area (Å²) >= 11 is 0. The van der Waals surface area contributed by atoms with Gasteiger partial charge >= 0.3 is 0 Å². The van der Waals surface area contributed by atoms with Crippen molar-refractivity contribution in [3.05, 3.63) is 0 Å². The predicted octanol–water partition coefficient (Wildman–Crippen LogP) is 0.328. The molecule has 2 heterocycles. The Morgan fingerprint density at radius 1 is 1.37 bits per heavy atom. The number of likely N-dealkylation sites (tertiary alicyclic amines) is 1. The maximum atomic E-state index is 12.4. The molecule has 2 saturated heterocycles. The number of carbonyl (C=O) groups excluding carboxylic acids is 1. The highest BCUT2D eigenvalue weighted by Crippen LogP contribution is 2.21. The summed E-state index contributed by atoms with van der Waals surface area (Å²) in [5, 5.41) is 9.05. The van der Waals surface area contributed by atoms with Crippen molar-refractivity contribution in [3.8, 4) is 0 Å². The molecular formula is C14H26N2O3. The molecule has 0 spiro atoms. The van der Waals surface area contributed by atoms with E-state index in [1.165, 1.54) is 6.42 Å². The molecule has 19 heavy (non-hydrogen) atoms. The largest absolute Gasteiger partial charge is 0.396 e. The molecule has 5 heteroatoms. The number of hydrogen-bond donors (Lipinski definition) is 1. The number of rotatable bonds is 4. The minimum Gasteiger partial charge on any atom is -0.396 e. The molecule has 2 atom stereocenters. The molecule has 110 valence electrons. The van der Waals surface area contributed by atoms with E-state index in [0.717, 1.165) is 39.0 Å². The molecule has 2 fully saturated rings. The Labute approximate surface area is 115 Å². The summed E-state index contributed by atoms with van der Waals surface area (Å²) in [5.74, 6) is 0.770. The zero-order valence-electron chi connectivity index (χ0n) is 11.9. The van der Waals surface area contributed by atoms with Gasteiger partial charge in [-0.15, -0.1) is 0 Å². The molecule has 0 aliphatic carbocycles. The van der Waals surface area contributed by atoms with E-state index in [1.807, 2.05) is 11.8 Å². The van der Waals surface area contributed by atoms with Crippen molar-refractivity contribution in [2.24, 2.45) is 5.92 Å². The fraction of sp³-hybridized carbons (Fsp3) is 0.929. The molecule has 1 N–H and O–H groups in total. The number of aliphatic hydroxyl groups is 1. The standard InChI is InChI=1S/C14H26N2O3/c1-12(14(18)15-6-9-19-10-7-15)16-5-2-3-13(11-16)4-8-17/h12-13,17H,2-11H2,1H3. The van der Waals surface area contributed by atoms with E-state index < -0.39 is 0 Å². The third kappa shape index (κ3) is 3.91. The molecule has 0 aromatic heterocycles. The summed E-state index contributed by atoms with van der Waals surface area (Å²) in [7, 11) is 0. The number of nitrogens with zero attached hydrogens (tertiary/aromatic N) is 2. The maximum Gasteiger partial charge on any atom is 0.239 e. The van der Waals surface area contributed by atoms with Crippen LogP contribution >= 0.6 is 0 Å². The highest BCUT2D eigenvalue weighted by molar-refractivity contribution is 5.81. The molecule has 0 aromatic rings. The van der Waals surface area contributed by atoms with Crippen LogP contribution in [0.3, 0.4) is 0 Å². The van der Waals surface area contributed by atoms with Gasteiger partial charge in [-0.05, 0) is 38.6 Å². The van der Waals surface area contributed by atoms with Gasteiger partial charge in [0.2, 0.25) is 5.91 Å². The molecule has 0 bridgehead atoms. The molecule has 0 radical (unpaired) electrons. The first-order chi connectivity index (χ1) is 9.22. The Morgan fingerprint density at radius 3 is 2.79 bits per heavy atom. The molecule has 0 saturated carbocycles. The Bertz CT molecular complexity index is 290. The number of ether oxygens (including phenoxy) is 1. The number of aliphatic hydroxyl groups excluding tert-OH is 1. The number of hydrogen-bond acceptors (Lipinski definition) is 4. The van der Waals surface area contributed by atoms with Gasteiger partial charge in [-0.1, -0.05) is 0 Å². The van der Waals surface area contributed by atoms with Crippen molar-refractivity contribution in [2.75, 3.05) is 46.0 Å². The van der Waals surface area contributed by atoms with Gasteiger partial charge in [-0.2, -0.15) is 0 Å². The molecule has 2 unspecified atom stereocenters. The minimum absolute atomic E-state index is 0.0420. The Balaban J connectivity index is 1.86. The second-order valence-electron chi connectivity index (χ2n) is 5.63. The van der Waals surface area contributed by atoms with Crippen molar-refractivity contribution < 1.29 is 14.6 Å². The van der Waals surface area contributed by atoms with Crippen molar-refractivity contribution in [1.82, 2.24) is 9.80 Å². The zero-order valence-corrected chi connectivity index (χ0v) is 11.9. The van der Waals surface area contributed by atoms with Crippen LogP contribution in [-0.2, 0) is 9.53 Å². The monoisotopic (exact) mass is 270 g/mol. The first-order valence-electron chi connectivity index (χ1n) is 7.44. The summed E-state index contributed by atoms with van der Waals surface area (Å²) in [5.41, 5.74) is 0. The molecule has 5 nitrogen and oxygen atoms in total. The van der Waals surface area contributed by atoms with Gasteiger partial charge in [-0.3, -0.25) is 9.69 Å². The smallest absolute Gasteiger partial charge is 0.239 e. The second kappa shape index (κ2) is 7.22. The lowest BCUT2D eigenvalue weighted by Gasteiger charge is -2.38. The average Bonchev–Trinajstić information content (AvgIpc) is 2.47. The van der Waals surface area contributed by atoms with Crippen LogP contribution in [0.1, 0.15) is 26.2 Å². The van der Waals surface area contributed by atoms with Crippen LogP contribution < -0.4 is 0 Å². The number of amides is 1. The first-order valence-corrected chi connectivity index (χ1v) is 7.44. The van der Waals surface area contributed by atoms with Crippen LogP contribution in [0.5, 0.6) is 0 Å². The summed E-state index contributed by atoms with van der Waals surface area (Å²) in [6.07, 6.45) is 3.16. The van der Waals surface area contributed by atoms with E-state index >= 15 is 0 Å². The zero-order chi connectivity index (χ0) is 13.7. The third-order valence-electron chi connectivity index (χ3n) is 4.32. The lowest BCUT2D eigenvalue weighted by atomic mass is 9.94. The predicted molar refractivity (Wildman–Crippen MR) is 72.9 cm³/mol. The second-order valence-corrected chi connectivity index (χ2v) is 5.63. The van der Waals surface area contributed by atoms with Crippen LogP contribution in [0.2, 0.25) is 0 Å². The molecule has 2 rings (SSSR count). The SMILES string of the molecule is CC(C(=O)N1CCOCC1)N1CCCC(CCO)C1. The van der Waals surface area contributed by atoms with Crippen molar-refractivity contribution >= 4 is 5.91 Å². The van der Waals surface area contributed by atoms with Crippen LogP contribution in [0.25, 0.3) is 0 Å². The summed E-state index contributed by atoms with van der Waals surface area (Å²) < 4.78 is 5.29. The average molecular weight is 270 g/mol. The topological polar surface area (TPSA) is 53.0 Å². The maximum absolute atomic E-state index is 12.4. The Kier molecular flexibility index (Phi) is 5.60. The van der Waals surface area contributed by atoms with E-state index in [4.69, 9.17) is 9.84 Å². The van der Waals surface area contributed by atoms with E-state index in [1.54, 1.807) is 0 Å². The van der Waals surface area contributed by atoms with Crippen LogP contribution in [-0.4, -0.2) is 72.9 Å². The van der Waals surface area contributed by atoms with Gasteiger partial charge < -0.3 is 14.7 Å². The molecular weight excluding hydrogens is 244 g/mol. The summed E-state index contributed by atoms with van der Waals surface area (Å²) in [6, 6.07) is -0.0420. The van der Waals surface area contributed by atoms with Crippen molar-refractivity contribution in [1.29, 1.82) is 0 Å². The Hall–Kier alpha value is -0.650. The summed E-state index contributed by atoms with van der Waals surface area (Å²) in [6.45, 7) is 6.96. The van der Waals surface area contributed by atoms with Crippen molar-refractivity contribution in [3.63, 3.8) is 0 Å². The van der Waals surface area contributed by atoms with Gasteiger partial charge in [0.15, 0.2) is 0 Å². The third-order valence-corrected chi connectivity index (χ3v) is 4.32. The highest BCUT2D eigenvalue weighted by atomic mass is 16.5. The highest BCUT2D eigenvalue weighted by Gasteiger charge is 2.30. The minimum atomic E-state index is -0.0420.